The van der Waals surface area contributed by atoms with Crippen LogP contribution in [-0.2, 0) is 14.2 Å². The number of aliphatic hydroxyl groups excluding tert-OH is 6. The van der Waals surface area contributed by atoms with Gasteiger partial charge in [0.25, 0.3) is 0 Å². The van der Waals surface area contributed by atoms with Gasteiger partial charge in [0.05, 0.1) is 12.7 Å². The maximum absolute atomic E-state index is 13.5. The van der Waals surface area contributed by atoms with Crippen molar-refractivity contribution in [3.05, 3.63) is 46.6 Å². The van der Waals surface area contributed by atoms with Crippen LogP contribution in [-0.4, -0.2) is 114 Å². The SMILES string of the molecule is C[C@@H]1O[C@@H](O[C@@H]2[C@H](O)[C@@H](O)[C@H](Oc3c(-c4ccc(O)cc4)oc4cc(O)cc(O)c4c3=O)O[C@@H]2CO)[C@H](O)[C@H](O)[C@H]1O. The van der Waals surface area contributed by atoms with Crippen molar-refractivity contribution in [1.29, 1.82) is 0 Å². The Hall–Kier alpha value is -3.51. The lowest BCUT2D eigenvalue weighted by molar-refractivity contribution is -0.349. The molecule has 0 aliphatic carbocycles. The third kappa shape index (κ3) is 5.37. The number of phenolic OH excluding ortho intramolecular Hbond substituents is 3. The summed E-state index contributed by atoms with van der Waals surface area (Å²) in [6, 6.07) is 7.33. The summed E-state index contributed by atoms with van der Waals surface area (Å²) >= 11 is 0. The minimum Gasteiger partial charge on any atom is -0.508 e. The molecule has 0 bridgehead atoms. The molecule has 2 aromatic carbocycles. The molecule has 15 heteroatoms. The van der Waals surface area contributed by atoms with Gasteiger partial charge in [-0.15, -0.1) is 0 Å². The normalized spacial score (nSPS) is 33.5. The van der Waals surface area contributed by atoms with Crippen LogP contribution in [0.3, 0.4) is 0 Å². The fraction of sp³-hybridized carbons (Fsp3) is 0.444. The first-order chi connectivity index (χ1) is 19.9. The topological polar surface area (TPSA) is 249 Å². The zero-order valence-corrected chi connectivity index (χ0v) is 21.9. The third-order valence-corrected chi connectivity index (χ3v) is 7.20. The van der Waals surface area contributed by atoms with Gasteiger partial charge in [0.15, 0.2) is 12.1 Å². The summed E-state index contributed by atoms with van der Waals surface area (Å²) in [5, 5.41) is 91.7. The van der Waals surface area contributed by atoms with E-state index < -0.39 is 90.7 Å². The van der Waals surface area contributed by atoms with Gasteiger partial charge in [-0.3, -0.25) is 4.79 Å². The Labute approximate surface area is 236 Å². The highest BCUT2D eigenvalue weighted by molar-refractivity contribution is 5.88. The van der Waals surface area contributed by atoms with E-state index in [1.807, 2.05) is 0 Å². The number of hydrogen-bond acceptors (Lipinski definition) is 15. The molecule has 3 aromatic rings. The second-order valence-corrected chi connectivity index (χ2v) is 10.1. The molecule has 2 aliphatic heterocycles. The fourth-order valence-corrected chi connectivity index (χ4v) is 4.89. The number of aliphatic hydroxyl groups is 6. The Morgan fingerprint density at radius 3 is 2.14 bits per heavy atom. The van der Waals surface area contributed by atoms with E-state index in [0.717, 1.165) is 12.1 Å². The molecule has 2 saturated heterocycles. The van der Waals surface area contributed by atoms with Gasteiger partial charge in [0.1, 0.15) is 70.9 Å². The quantitative estimate of drug-likeness (QED) is 0.159. The summed E-state index contributed by atoms with van der Waals surface area (Å²) < 4.78 is 28.1. The van der Waals surface area contributed by atoms with Gasteiger partial charge in [-0.25, -0.2) is 0 Å². The van der Waals surface area contributed by atoms with Crippen molar-refractivity contribution in [2.45, 2.75) is 68.3 Å². The lowest BCUT2D eigenvalue weighted by Crippen LogP contribution is -2.64. The molecule has 0 amide bonds. The molecule has 15 nitrogen and oxygen atoms in total. The second kappa shape index (κ2) is 11.6. The lowest BCUT2D eigenvalue weighted by atomic mass is 9.97. The standard InChI is InChI=1S/C27H30O15/c1-9-17(32)19(34)21(36)26(38-9)41-24-15(8-28)40-27(22(37)20(24)35)42-25-18(33)16-13(31)6-12(30)7-14(16)39-23(25)10-2-4-11(29)5-3-10/h2-7,9,15,17,19-22,24,26-32,34-37H,8H2,1H3/t9-,15+,17-,19+,20+,21+,22+,24-,26-,27-/m0/s1. The van der Waals surface area contributed by atoms with Crippen LogP contribution in [0.2, 0.25) is 0 Å². The summed E-state index contributed by atoms with van der Waals surface area (Å²) in [6.45, 7) is 0.598. The molecule has 0 radical (unpaired) electrons. The highest BCUT2D eigenvalue weighted by atomic mass is 16.7. The Kier molecular flexibility index (Phi) is 8.30. The van der Waals surface area contributed by atoms with Crippen molar-refractivity contribution < 1.29 is 69.3 Å². The number of benzene rings is 2. The smallest absolute Gasteiger partial charge is 0.239 e. The molecule has 10 atom stereocenters. The summed E-state index contributed by atoms with van der Waals surface area (Å²) in [6.07, 6.45) is -16.0. The van der Waals surface area contributed by atoms with E-state index in [9.17, 15) is 50.8 Å². The average Bonchev–Trinajstić information content (AvgIpc) is 2.95. The molecule has 1 aromatic heterocycles. The largest absolute Gasteiger partial charge is 0.508 e. The lowest BCUT2D eigenvalue weighted by Gasteiger charge is -2.45. The Bertz CT molecular complexity index is 1470. The van der Waals surface area contributed by atoms with Crippen LogP contribution in [0, 0.1) is 0 Å². The predicted molar refractivity (Wildman–Crippen MR) is 139 cm³/mol. The predicted octanol–water partition coefficient (Wildman–Crippen LogP) is -1.39. The summed E-state index contributed by atoms with van der Waals surface area (Å²) in [4.78, 5) is 13.5. The van der Waals surface area contributed by atoms with Crippen molar-refractivity contribution in [2.24, 2.45) is 0 Å². The van der Waals surface area contributed by atoms with Gasteiger partial charge in [-0.05, 0) is 31.2 Å². The Balaban J connectivity index is 1.48. The van der Waals surface area contributed by atoms with Crippen LogP contribution in [0.15, 0.2) is 45.6 Å². The average molecular weight is 595 g/mol. The van der Waals surface area contributed by atoms with E-state index in [0.29, 0.717) is 0 Å². The minimum absolute atomic E-state index is 0.103. The van der Waals surface area contributed by atoms with E-state index in [1.165, 1.54) is 31.2 Å². The molecule has 0 unspecified atom stereocenters. The molecule has 2 fully saturated rings. The van der Waals surface area contributed by atoms with Gasteiger partial charge in [0.2, 0.25) is 17.5 Å². The third-order valence-electron chi connectivity index (χ3n) is 7.20. The van der Waals surface area contributed by atoms with Gasteiger partial charge in [-0.2, -0.15) is 0 Å². The van der Waals surface area contributed by atoms with Crippen molar-refractivity contribution >= 4 is 11.0 Å². The van der Waals surface area contributed by atoms with Gasteiger partial charge >= 0.3 is 0 Å². The van der Waals surface area contributed by atoms with E-state index in [1.54, 1.807) is 0 Å². The van der Waals surface area contributed by atoms with Crippen LogP contribution in [0.25, 0.3) is 22.3 Å². The molecule has 228 valence electrons. The summed E-state index contributed by atoms with van der Waals surface area (Å²) in [5.74, 6) is -1.97. The summed E-state index contributed by atoms with van der Waals surface area (Å²) in [7, 11) is 0. The maximum Gasteiger partial charge on any atom is 0.239 e. The number of ether oxygens (including phenoxy) is 4. The van der Waals surface area contributed by atoms with Crippen molar-refractivity contribution in [3.8, 4) is 34.3 Å². The molecule has 5 rings (SSSR count). The maximum atomic E-state index is 13.5. The minimum atomic E-state index is -1.94. The van der Waals surface area contributed by atoms with Crippen molar-refractivity contribution in [1.82, 2.24) is 0 Å². The molecular formula is C27H30O15. The fourth-order valence-electron chi connectivity index (χ4n) is 4.89. The van der Waals surface area contributed by atoms with E-state index in [4.69, 9.17) is 23.4 Å². The first kappa shape index (κ1) is 30.0. The van der Waals surface area contributed by atoms with E-state index in [2.05, 4.69) is 0 Å². The van der Waals surface area contributed by atoms with Crippen LogP contribution in [0.5, 0.6) is 23.0 Å². The second-order valence-electron chi connectivity index (χ2n) is 10.1. The Morgan fingerprint density at radius 1 is 0.810 bits per heavy atom. The molecular weight excluding hydrogens is 564 g/mol. The van der Waals surface area contributed by atoms with Gasteiger partial charge in [0, 0.05) is 17.7 Å². The van der Waals surface area contributed by atoms with Crippen LogP contribution in [0.4, 0.5) is 0 Å². The van der Waals surface area contributed by atoms with E-state index >= 15 is 0 Å². The summed E-state index contributed by atoms with van der Waals surface area (Å²) in [5.41, 5.74) is -0.956. The van der Waals surface area contributed by atoms with Crippen LogP contribution < -0.4 is 10.2 Å². The van der Waals surface area contributed by atoms with Gasteiger partial charge in [-0.1, -0.05) is 0 Å². The number of fused-ring (bicyclic) bond motifs is 1. The molecule has 42 heavy (non-hydrogen) atoms. The van der Waals surface area contributed by atoms with Crippen molar-refractivity contribution in [2.75, 3.05) is 6.61 Å². The zero-order chi connectivity index (χ0) is 30.5. The first-order valence-electron chi connectivity index (χ1n) is 12.9. The highest BCUT2D eigenvalue weighted by Gasteiger charge is 2.51. The molecule has 0 saturated carbocycles. The highest BCUT2D eigenvalue weighted by Crippen LogP contribution is 2.38. The number of rotatable bonds is 6. The van der Waals surface area contributed by atoms with Crippen molar-refractivity contribution in [3.63, 3.8) is 0 Å². The Morgan fingerprint density at radius 2 is 1.48 bits per heavy atom. The molecule has 3 heterocycles. The molecule has 9 N–H and O–H groups in total. The monoisotopic (exact) mass is 594 g/mol. The number of phenols is 3. The van der Waals surface area contributed by atoms with E-state index in [-0.39, 0.29) is 28.0 Å². The first-order valence-corrected chi connectivity index (χ1v) is 12.9. The van der Waals surface area contributed by atoms with Crippen LogP contribution in [0.1, 0.15) is 6.92 Å². The van der Waals surface area contributed by atoms with Gasteiger partial charge < -0.3 is 69.3 Å². The van der Waals surface area contributed by atoms with Crippen LogP contribution >= 0.6 is 0 Å². The molecule has 0 spiro atoms. The number of hydrogen-bond donors (Lipinski definition) is 9. The number of aromatic hydroxyl groups is 3. The zero-order valence-electron chi connectivity index (χ0n) is 21.9. The molecule has 2 aliphatic rings.